The Morgan fingerprint density at radius 1 is 1.27 bits per heavy atom. The number of rotatable bonds is 4. The van der Waals surface area contributed by atoms with Gasteiger partial charge in [-0.1, -0.05) is 23.2 Å². The number of carbonyl (C=O) groups excluding carboxylic acids is 1. The number of nitrogens with zero attached hydrogens (tertiary/aromatic N) is 1. The van der Waals surface area contributed by atoms with Crippen molar-refractivity contribution in [3.05, 3.63) is 44.2 Å². The van der Waals surface area contributed by atoms with Crippen LogP contribution in [0.15, 0.2) is 38.3 Å². The average Bonchev–Trinajstić information content (AvgIpc) is 3.05. The van der Waals surface area contributed by atoms with Gasteiger partial charge in [0.05, 0.1) is 20.4 Å². The summed E-state index contributed by atoms with van der Waals surface area (Å²) in [7, 11) is -3.60. The van der Waals surface area contributed by atoms with Gasteiger partial charge in [0.1, 0.15) is 4.21 Å². The van der Waals surface area contributed by atoms with Crippen LogP contribution in [0.1, 0.15) is 12.8 Å². The van der Waals surface area contributed by atoms with E-state index in [1.165, 1.54) is 4.31 Å². The number of sulfonamides is 1. The van der Waals surface area contributed by atoms with E-state index in [1.54, 1.807) is 30.3 Å². The van der Waals surface area contributed by atoms with E-state index >= 15 is 0 Å². The normalized spacial score (nSPS) is 18.7. The molecule has 5 nitrogen and oxygen atoms in total. The summed E-state index contributed by atoms with van der Waals surface area (Å²) in [6.45, 7) is 0.543. The summed E-state index contributed by atoms with van der Waals surface area (Å²) in [5.41, 5.74) is 0.423. The molecule has 2 aromatic rings. The Kier molecular flexibility index (Phi) is 6.31. The first-order valence-corrected chi connectivity index (χ1v) is 11.6. The minimum absolute atomic E-state index is 0.141. The summed E-state index contributed by atoms with van der Waals surface area (Å²) < 4.78 is 27.9. The molecular formula is C16H15BrCl2N2O3S2. The summed E-state index contributed by atoms with van der Waals surface area (Å²) in [6.07, 6.45) is 1.23. The van der Waals surface area contributed by atoms with Crippen molar-refractivity contribution >= 4 is 72.1 Å². The van der Waals surface area contributed by atoms with Crippen LogP contribution >= 0.6 is 50.5 Å². The van der Waals surface area contributed by atoms with E-state index in [1.807, 2.05) is 0 Å². The molecule has 1 aromatic heterocycles. The highest BCUT2D eigenvalue weighted by Crippen LogP contribution is 2.32. The molecule has 0 radical (unpaired) electrons. The predicted octanol–water partition coefficient (Wildman–Crippen LogP) is 4.86. The number of nitrogens with one attached hydrogen (secondary N) is 1. The first-order valence-electron chi connectivity index (χ1n) is 7.79. The van der Waals surface area contributed by atoms with Crippen LogP contribution in [0.4, 0.5) is 5.69 Å². The molecule has 2 heterocycles. The van der Waals surface area contributed by atoms with Crippen molar-refractivity contribution in [2.45, 2.75) is 17.1 Å². The van der Waals surface area contributed by atoms with Crippen LogP contribution < -0.4 is 5.32 Å². The van der Waals surface area contributed by atoms with Gasteiger partial charge in [-0.2, -0.15) is 4.31 Å². The van der Waals surface area contributed by atoms with Crippen LogP contribution in [0.5, 0.6) is 0 Å². The largest absolute Gasteiger partial charge is 0.324 e. The highest BCUT2D eigenvalue weighted by Gasteiger charge is 2.34. The van der Waals surface area contributed by atoms with Crippen LogP contribution in [-0.4, -0.2) is 31.7 Å². The molecule has 0 spiro atoms. The Morgan fingerprint density at radius 3 is 2.73 bits per heavy atom. The number of anilines is 1. The molecule has 1 aromatic carbocycles. The first-order chi connectivity index (χ1) is 12.3. The SMILES string of the molecule is O=C(Nc1cc(Cl)ccc1Cl)C1CCCN(S(=O)(=O)c2ccc(Br)s2)C1. The molecule has 3 rings (SSSR count). The van der Waals surface area contributed by atoms with Gasteiger partial charge in [-0.05, 0) is 59.1 Å². The standard InChI is InChI=1S/C16H15BrCl2N2O3S2/c17-14-5-6-15(25-14)26(23,24)21-7-1-2-10(9-21)16(22)20-13-8-11(18)3-4-12(13)19/h3-6,8,10H,1-2,7,9H2,(H,20,22). The van der Waals surface area contributed by atoms with Crippen molar-refractivity contribution < 1.29 is 13.2 Å². The van der Waals surface area contributed by atoms with Crippen LogP contribution in [0.2, 0.25) is 10.0 Å². The zero-order valence-corrected chi connectivity index (χ0v) is 18.1. The van der Waals surface area contributed by atoms with Gasteiger partial charge in [0, 0.05) is 18.1 Å². The van der Waals surface area contributed by atoms with Crippen molar-refractivity contribution in [1.82, 2.24) is 4.31 Å². The van der Waals surface area contributed by atoms with Gasteiger partial charge in [-0.3, -0.25) is 4.79 Å². The van der Waals surface area contributed by atoms with Gasteiger partial charge in [-0.25, -0.2) is 8.42 Å². The fourth-order valence-corrected chi connectivity index (χ4v) is 6.79. The lowest BCUT2D eigenvalue weighted by atomic mass is 9.99. The second-order valence-electron chi connectivity index (χ2n) is 5.87. The van der Waals surface area contributed by atoms with E-state index in [2.05, 4.69) is 21.2 Å². The molecule has 26 heavy (non-hydrogen) atoms. The summed E-state index contributed by atoms with van der Waals surface area (Å²) in [5, 5.41) is 3.60. The molecule has 0 aliphatic carbocycles. The molecule has 1 saturated heterocycles. The third kappa shape index (κ3) is 4.43. The second-order valence-corrected chi connectivity index (χ2v) is 11.3. The zero-order valence-electron chi connectivity index (χ0n) is 13.4. The molecule has 140 valence electrons. The van der Waals surface area contributed by atoms with Gasteiger partial charge in [0.25, 0.3) is 10.0 Å². The number of carbonyl (C=O) groups is 1. The maximum absolute atomic E-state index is 12.8. The summed E-state index contributed by atoms with van der Waals surface area (Å²) in [4.78, 5) is 12.6. The topological polar surface area (TPSA) is 66.5 Å². The number of hydrogen-bond donors (Lipinski definition) is 1. The maximum atomic E-state index is 12.8. The van der Waals surface area contributed by atoms with E-state index < -0.39 is 15.9 Å². The molecule has 1 unspecified atom stereocenters. The summed E-state index contributed by atoms with van der Waals surface area (Å²) in [5.74, 6) is -0.710. The predicted molar refractivity (Wildman–Crippen MR) is 109 cm³/mol. The van der Waals surface area contributed by atoms with Crippen LogP contribution in [0.25, 0.3) is 0 Å². The van der Waals surface area contributed by atoms with Crippen LogP contribution in [0.3, 0.4) is 0 Å². The Balaban J connectivity index is 1.74. The highest BCUT2D eigenvalue weighted by molar-refractivity contribution is 9.11. The van der Waals surface area contributed by atoms with E-state index in [4.69, 9.17) is 23.2 Å². The van der Waals surface area contributed by atoms with Gasteiger partial charge >= 0.3 is 0 Å². The van der Waals surface area contributed by atoms with Crippen LogP contribution in [-0.2, 0) is 14.8 Å². The van der Waals surface area contributed by atoms with Crippen molar-refractivity contribution in [3.8, 4) is 0 Å². The summed E-state index contributed by atoms with van der Waals surface area (Å²) >= 11 is 16.5. The molecule has 1 atom stereocenters. The number of halogens is 3. The van der Waals surface area contributed by atoms with Crippen molar-refractivity contribution in [2.75, 3.05) is 18.4 Å². The minimum Gasteiger partial charge on any atom is -0.324 e. The van der Waals surface area contributed by atoms with Gasteiger partial charge in [-0.15, -0.1) is 11.3 Å². The fourth-order valence-electron chi connectivity index (χ4n) is 2.77. The monoisotopic (exact) mass is 496 g/mol. The van der Waals surface area contributed by atoms with E-state index in [9.17, 15) is 13.2 Å². The van der Waals surface area contributed by atoms with E-state index in [0.29, 0.717) is 35.1 Å². The first kappa shape index (κ1) is 20.1. The fraction of sp³-hybridized carbons (Fsp3) is 0.312. The van der Waals surface area contributed by atoms with Crippen molar-refractivity contribution in [1.29, 1.82) is 0 Å². The van der Waals surface area contributed by atoms with Crippen LogP contribution in [0, 0.1) is 5.92 Å². The number of thiophene rings is 1. The number of benzene rings is 1. The zero-order chi connectivity index (χ0) is 18.9. The molecule has 1 fully saturated rings. The van der Waals surface area contributed by atoms with E-state index in [-0.39, 0.29) is 16.7 Å². The Hall–Kier alpha value is -0.640. The van der Waals surface area contributed by atoms with Crippen molar-refractivity contribution in [3.63, 3.8) is 0 Å². The number of amides is 1. The average molecular weight is 498 g/mol. The molecule has 1 aliphatic rings. The lowest BCUT2D eigenvalue weighted by Crippen LogP contribution is -2.43. The molecule has 1 amide bonds. The minimum atomic E-state index is -3.60. The van der Waals surface area contributed by atoms with Gasteiger partial charge < -0.3 is 5.32 Å². The summed E-state index contributed by atoms with van der Waals surface area (Å²) in [6, 6.07) is 8.08. The van der Waals surface area contributed by atoms with Gasteiger partial charge in [0.15, 0.2) is 0 Å². The molecule has 1 aliphatic heterocycles. The molecule has 10 heteroatoms. The van der Waals surface area contributed by atoms with Crippen molar-refractivity contribution in [2.24, 2.45) is 5.92 Å². The molecule has 1 N–H and O–H groups in total. The third-order valence-electron chi connectivity index (χ3n) is 4.08. The molecular weight excluding hydrogens is 483 g/mol. The smallest absolute Gasteiger partial charge is 0.252 e. The van der Waals surface area contributed by atoms with E-state index in [0.717, 1.165) is 15.1 Å². The number of piperidine rings is 1. The second kappa shape index (κ2) is 8.16. The quantitative estimate of drug-likeness (QED) is 0.656. The third-order valence-corrected chi connectivity index (χ3v) is 8.60. The lowest BCUT2D eigenvalue weighted by Gasteiger charge is -2.30. The van der Waals surface area contributed by atoms with Gasteiger partial charge in [0.2, 0.25) is 5.91 Å². The molecule has 0 saturated carbocycles. The highest BCUT2D eigenvalue weighted by atomic mass is 79.9. The Labute approximate surface area is 174 Å². The number of hydrogen-bond acceptors (Lipinski definition) is 4. The maximum Gasteiger partial charge on any atom is 0.252 e. The molecule has 0 bridgehead atoms. The Morgan fingerprint density at radius 2 is 2.04 bits per heavy atom. The lowest BCUT2D eigenvalue weighted by molar-refractivity contribution is -0.120. The Bertz CT molecular complexity index is 933.